The Morgan fingerprint density at radius 2 is 2.05 bits per heavy atom. The number of rotatable bonds is 8. The van der Waals surface area contributed by atoms with Crippen LogP contribution in [0.5, 0.6) is 0 Å². The van der Waals surface area contributed by atoms with Crippen LogP contribution in [0.3, 0.4) is 0 Å². The molecule has 0 amide bonds. The van der Waals surface area contributed by atoms with Crippen molar-refractivity contribution in [1.82, 2.24) is 5.32 Å². The molecular weight excluding hydrogens is 322 g/mol. The maximum Gasteiger partial charge on any atom is 0.0931 e. The molecule has 2 nitrogen and oxygen atoms in total. The minimum atomic E-state index is 0.190. The van der Waals surface area contributed by atoms with Gasteiger partial charge in [0, 0.05) is 22.4 Å². The SMILES string of the molecule is CCOCC(NC(c1cccs1)c1ccc(Cl)s1)C(C)C. The van der Waals surface area contributed by atoms with Crippen molar-refractivity contribution in [1.29, 1.82) is 0 Å². The van der Waals surface area contributed by atoms with E-state index in [9.17, 15) is 0 Å². The van der Waals surface area contributed by atoms with Crippen LogP contribution in [-0.2, 0) is 4.74 Å². The minimum absolute atomic E-state index is 0.190. The first-order valence-corrected chi connectivity index (χ1v) is 9.31. The average Bonchev–Trinajstić information content (AvgIpc) is 3.10. The Kier molecular flexibility index (Phi) is 6.71. The predicted octanol–water partition coefficient (Wildman–Crippen LogP) is 5.20. The molecule has 2 unspecified atom stereocenters. The van der Waals surface area contributed by atoms with Crippen LogP contribution in [-0.4, -0.2) is 19.3 Å². The lowest BCUT2D eigenvalue weighted by molar-refractivity contribution is 0.105. The van der Waals surface area contributed by atoms with Gasteiger partial charge in [0.1, 0.15) is 0 Å². The molecule has 2 rings (SSSR count). The molecule has 0 bridgehead atoms. The third-order valence-corrected chi connectivity index (χ3v) is 5.63. The highest BCUT2D eigenvalue weighted by Crippen LogP contribution is 2.33. The zero-order chi connectivity index (χ0) is 15.2. The van der Waals surface area contributed by atoms with Gasteiger partial charge in [-0.05, 0) is 36.4 Å². The summed E-state index contributed by atoms with van der Waals surface area (Å²) >= 11 is 9.53. The van der Waals surface area contributed by atoms with Crippen molar-refractivity contribution in [3.05, 3.63) is 43.7 Å². The van der Waals surface area contributed by atoms with Gasteiger partial charge in [-0.2, -0.15) is 0 Å². The number of ether oxygens (including phenoxy) is 1. The van der Waals surface area contributed by atoms with Crippen LogP contribution in [0.4, 0.5) is 0 Å². The summed E-state index contributed by atoms with van der Waals surface area (Å²) in [6, 6.07) is 8.86. The number of thiophene rings is 2. The van der Waals surface area contributed by atoms with E-state index in [4.69, 9.17) is 16.3 Å². The molecule has 116 valence electrons. The van der Waals surface area contributed by atoms with Gasteiger partial charge in [0.2, 0.25) is 0 Å². The molecule has 0 aliphatic rings. The second-order valence-corrected chi connectivity index (χ2v) is 7.99. The largest absolute Gasteiger partial charge is 0.380 e. The zero-order valence-corrected chi connectivity index (χ0v) is 15.0. The first-order chi connectivity index (χ1) is 10.1. The van der Waals surface area contributed by atoms with Crippen LogP contribution in [0.1, 0.15) is 36.6 Å². The zero-order valence-electron chi connectivity index (χ0n) is 12.6. The number of hydrogen-bond donors (Lipinski definition) is 1. The number of nitrogens with one attached hydrogen (secondary N) is 1. The maximum atomic E-state index is 6.12. The molecule has 2 aromatic rings. The van der Waals surface area contributed by atoms with Crippen LogP contribution < -0.4 is 5.32 Å². The van der Waals surface area contributed by atoms with Crippen LogP contribution in [0.2, 0.25) is 4.34 Å². The van der Waals surface area contributed by atoms with Gasteiger partial charge in [0.15, 0.2) is 0 Å². The highest BCUT2D eigenvalue weighted by Gasteiger charge is 2.23. The molecule has 0 spiro atoms. The van der Waals surface area contributed by atoms with Crippen molar-refractivity contribution >= 4 is 34.3 Å². The molecule has 0 saturated carbocycles. The van der Waals surface area contributed by atoms with Crippen LogP contribution >= 0.6 is 34.3 Å². The summed E-state index contributed by atoms with van der Waals surface area (Å²) in [5.74, 6) is 0.509. The van der Waals surface area contributed by atoms with Crippen molar-refractivity contribution < 1.29 is 4.74 Å². The Labute approximate surface area is 140 Å². The summed E-state index contributed by atoms with van der Waals surface area (Å²) in [5.41, 5.74) is 0. The van der Waals surface area contributed by atoms with Gasteiger partial charge in [-0.25, -0.2) is 0 Å². The fourth-order valence-electron chi connectivity index (χ4n) is 2.14. The molecule has 1 N–H and O–H groups in total. The van der Waals surface area contributed by atoms with E-state index in [1.807, 2.05) is 13.0 Å². The molecule has 2 heterocycles. The van der Waals surface area contributed by atoms with Crippen molar-refractivity contribution in [2.75, 3.05) is 13.2 Å². The molecule has 0 aliphatic carbocycles. The van der Waals surface area contributed by atoms with E-state index in [0.29, 0.717) is 12.0 Å². The van der Waals surface area contributed by atoms with Crippen molar-refractivity contribution in [2.45, 2.75) is 32.9 Å². The lowest BCUT2D eigenvalue weighted by Crippen LogP contribution is -2.40. The van der Waals surface area contributed by atoms with Crippen molar-refractivity contribution in [2.24, 2.45) is 5.92 Å². The Hall–Kier alpha value is -0.390. The molecule has 5 heteroatoms. The summed E-state index contributed by atoms with van der Waals surface area (Å²) in [7, 11) is 0. The fraction of sp³-hybridized carbons (Fsp3) is 0.500. The molecule has 2 atom stereocenters. The first-order valence-electron chi connectivity index (χ1n) is 7.24. The number of hydrogen-bond acceptors (Lipinski definition) is 4. The fourth-order valence-corrected chi connectivity index (χ4v) is 4.15. The highest BCUT2D eigenvalue weighted by molar-refractivity contribution is 7.16. The molecule has 21 heavy (non-hydrogen) atoms. The van der Waals surface area contributed by atoms with Crippen molar-refractivity contribution in [3.8, 4) is 0 Å². The van der Waals surface area contributed by atoms with E-state index in [0.717, 1.165) is 17.6 Å². The molecule has 2 aromatic heterocycles. The first kappa shape index (κ1) is 17.0. The average molecular weight is 344 g/mol. The standard InChI is InChI=1S/C16H22ClNOS2/c1-4-19-10-12(11(2)3)18-16(13-6-5-9-20-13)14-7-8-15(17)21-14/h5-9,11-12,16,18H,4,10H2,1-3H3. The van der Waals surface area contributed by atoms with Gasteiger partial charge < -0.3 is 4.74 Å². The Balaban J connectivity index is 2.19. The van der Waals surface area contributed by atoms with E-state index < -0.39 is 0 Å². The Morgan fingerprint density at radius 1 is 1.24 bits per heavy atom. The molecule has 0 fully saturated rings. The summed E-state index contributed by atoms with van der Waals surface area (Å²) in [4.78, 5) is 2.57. The molecule has 0 aliphatic heterocycles. The maximum absolute atomic E-state index is 6.12. The van der Waals surface area contributed by atoms with Gasteiger partial charge >= 0.3 is 0 Å². The van der Waals surface area contributed by atoms with Crippen LogP contribution in [0, 0.1) is 5.92 Å². The van der Waals surface area contributed by atoms with Gasteiger partial charge in [0.05, 0.1) is 17.0 Å². The van der Waals surface area contributed by atoms with Gasteiger partial charge in [0.25, 0.3) is 0 Å². The van der Waals surface area contributed by atoms with E-state index in [-0.39, 0.29) is 6.04 Å². The highest BCUT2D eigenvalue weighted by atomic mass is 35.5. The number of halogens is 1. The minimum Gasteiger partial charge on any atom is -0.380 e. The molecular formula is C16H22ClNOS2. The van der Waals surface area contributed by atoms with E-state index in [2.05, 4.69) is 42.7 Å². The lowest BCUT2D eigenvalue weighted by Gasteiger charge is -2.27. The smallest absolute Gasteiger partial charge is 0.0931 e. The summed E-state index contributed by atoms with van der Waals surface area (Å²) in [6.07, 6.45) is 0. The van der Waals surface area contributed by atoms with Crippen molar-refractivity contribution in [3.63, 3.8) is 0 Å². The molecule has 0 radical (unpaired) electrons. The van der Waals surface area contributed by atoms with Gasteiger partial charge in [-0.3, -0.25) is 5.32 Å². The molecule has 0 aromatic carbocycles. The third-order valence-electron chi connectivity index (χ3n) is 3.39. The Morgan fingerprint density at radius 3 is 2.57 bits per heavy atom. The Bertz CT molecular complexity index is 524. The summed E-state index contributed by atoms with van der Waals surface area (Å²) in [5, 5.41) is 5.87. The summed E-state index contributed by atoms with van der Waals surface area (Å²) < 4.78 is 6.47. The second kappa shape index (κ2) is 8.30. The lowest BCUT2D eigenvalue weighted by atomic mass is 10.0. The second-order valence-electron chi connectivity index (χ2n) is 5.27. The van der Waals surface area contributed by atoms with E-state index in [1.165, 1.54) is 9.75 Å². The van der Waals surface area contributed by atoms with Crippen LogP contribution in [0.15, 0.2) is 29.6 Å². The normalized spacial score (nSPS) is 14.5. The van der Waals surface area contributed by atoms with E-state index in [1.54, 1.807) is 22.7 Å². The summed E-state index contributed by atoms with van der Waals surface area (Å²) in [6.45, 7) is 7.97. The topological polar surface area (TPSA) is 21.3 Å². The molecule has 0 saturated heterocycles. The van der Waals surface area contributed by atoms with E-state index >= 15 is 0 Å². The monoisotopic (exact) mass is 343 g/mol. The van der Waals surface area contributed by atoms with Crippen LogP contribution in [0.25, 0.3) is 0 Å². The quantitative estimate of drug-likeness (QED) is 0.711. The van der Waals surface area contributed by atoms with Gasteiger partial charge in [-0.15, -0.1) is 22.7 Å². The predicted molar refractivity (Wildman–Crippen MR) is 93.7 cm³/mol. The third kappa shape index (κ3) is 4.80. The van der Waals surface area contributed by atoms with Gasteiger partial charge in [-0.1, -0.05) is 31.5 Å².